The number of aliphatic hydroxyl groups excluding tert-OH is 1. The first-order valence-corrected chi connectivity index (χ1v) is 5.15. The predicted octanol–water partition coefficient (Wildman–Crippen LogP) is 0.635. The monoisotopic (exact) mass is 221 g/mol. The van der Waals surface area contributed by atoms with Gasteiger partial charge in [0.1, 0.15) is 11.8 Å². The number of nitrogens with one attached hydrogen (secondary N) is 2. The van der Waals surface area contributed by atoms with Gasteiger partial charge in [0.15, 0.2) is 0 Å². The van der Waals surface area contributed by atoms with Crippen molar-refractivity contribution in [1.29, 1.82) is 5.26 Å². The molecule has 1 unspecified atom stereocenters. The highest BCUT2D eigenvalue weighted by molar-refractivity contribution is 5.94. The van der Waals surface area contributed by atoms with Gasteiger partial charge in [0.25, 0.3) is 5.91 Å². The van der Waals surface area contributed by atoms with Gasteiger partial charge in [-0.3, -0.25) is 4.79 Å². The quantitative estimate of drug-likeness (QED) is 0.681. The Morgan fingerprint density at radius 3 is 3.06 bits per heavy atom. The summed E-state index contributed by atoms with van der Waals surface area (Å²) in [4.78, 5) is 14.3. The van der Waals surface area contributed by atoms with Crippen LogP contribution in [0.3, 0.4) is 0 Å². The van der Waals surface area contributed by atoms with E-state index in [0.29, 0.717) is 24.2 Å². The molecule has 0 aliphatic rings. The minimum Gasteiger partial charge on any atom is -0.396 e. The molecule has 0 bridgehead atoms. The smallest absolute Gasteiger partial charge is 0.252 e. The van der Waals surface area contributed by atoms with E-state index in [-0.39, 0.29) is 18.4 Å². The van der Waals surface area contributed by atoms with E-state index in [2.05, 4.69) is 10.3 Å². The molecule has 5 nitrogen and oxygen atoms in total. The molecule has 0 fully saturated rings. The number of amides is 1. The van der Waals surface area contributed by atoms with Crippen molar-refractivity contribution in [3.63, 3.8) is 0 Å². The van der Waals surface area contributed by atoms with Crippen LogP contribution in [0.2, 0.25) is 0 Å². The van der Waals surface area contributed by atoms with E-state index in [9.17, 15) is 4.79 Å². The molecule has 1 aromatic heterocycles. The summed E-state index contributed by atoms with van der Waals surface area (Å²) in [6.45, 7) is 2.60. The normalized spacial score (nSPS) is 11.8. The highest BCUT2D eigenvalue weighted by Crippen LogP contribution is 2.03. The summed E-state index contributed by atoms with van der Waals surface area (Å²) in [7, 11) is 0. The van der Waals surface area contributed by atoms with E-state index in [1.54, 1.807) is 0 Å². The third-order valence-corrected chi connectivity index (χ3v) is 2.30. The number of rotatable bonds is 5. The maximum Gasteiger partial charge on any atom is 0.252 e. The molecule has 0 aromatic carbocycles. The average Bonchev–Trinajstić information content (AvgIpc) is 2.75. The second kappa shape index (κ2) is 5.93. The molecule has 1 amide bonds. The summed E-state index contributed by atoms with van der Waals surface area (Å²) >= 11 is 0. The van der Waals surface area contributed by atoms with Gasteiger partial charge in [-0.15, -0.1) is 0 Å². The molecule has 0 saturated heterocycles. The molecule has 0 radical (unpaired) electrons. The number of carbonyl (C=O) groups is 1. The summed E-state index contributed by atoms with van der Waals surface area (Å²) < 4.78 is 0. The Morgan fingerprint density at radius 2 is 2.50 bits per heavy atom. The zero-order chi connectivity index (χ0) is 12.0. The zero-order valence-corrected chi connectivity index (χ0v) is 9.16. The van der Waals surface area contributed by atoms with Crippen molar-refractivity contribution in [2.45, 2.75) is 13.3 Å². The first kappa shape index (κ1) is 12.3. The maximum absolute atomic E-state index is 11.6. The Labute approximate surface area is 94.1 Å². The van der Waals surface area contributed by atoms with Crippen LogP contribution in [0.25, 0.3) is 0 Å². The number of nitriles is 1. The number of aromatic amines is 1. The molecule has 0 aliphatic carbocycles. The van der Waals surface area contributed by atoms with Crippen molar-refractivity contribution in [3.8, 4) is 6.07 Å². The summed E-state index contributed by atoms with van der Waals surface area (Å²) in [5, 5.41) is 20.0. The SMILES string of the molecule is CC(CCO)CNC(=O)c1c[nH]c(C#N)c1. The molecule has 5 heteroatoms. The predicted molar refractivity (Wildman–Crippen MR) is 58.7 cm³/mol. The van der Waals surface area contributed by atoms with Crippen LogP contribution in [0.5, 0.6) is 0 Å². The van der Waals surface area contributed by atoms with Gasteiger partial charge in [-0.05, 0) is 18.4 Å². The number of carbonyl (C=O) groups excluding carboxylic acids is 1. The second-order valence-electron chi connectivity index (χ2n) is 3.74. The third kappa shape index (κ3) is 3.41. The minimum atomic E-state index is -0.206. The van der Waals surface area contributed by atoms with E-state index in [1.165, 1.54) is 12.3 Å². The van der Waals surface area contributed by atoms with Crippen molar-refractivity contribution in [2.24, 2.45) is 5.92 Å². The van der Waals surface area contributed by atoms with Gasteiger partial charge in [-0.2, -0.15) is 5.26 Å². The number of aromatic nitrogens is 1. The fourth-order valence-electron chi connectivity index (χ4n) is 1.28. The molecular formula is C11H15N3O2. The minimum absolute atomic E-state index is 0.125. The lowest BCUT2D eigenvalue weighted by atomic mass is 10.1. The highest BCUT2D eigenvalue weighted by atomic mass is 16.3. The van der Waals surface area contributed by atoms with Gasteiger partial charge in [-0.1, -0.05) is 6.92 Å². The van der Waals surface area contributed by atoms with Gasteiger partial charge < -0.3 is 15.4 Å². The van der Waals surface area contributed by atoms with E-state index in [0.717, 1.165) is 0 Å². The van der Waals surface area contributed by atoms with Crippen LogP contribution in [0, 0.1) is 17.2 Å². The number of aliphatic hydroxyl groups is 1. The zero-order valence-electron chi connectivity index (χ0n) is 9.16. The standard InChI is InChI=1S/C11H15N3O2/c1-8(2-3-15)6-14-11(16)9-4-10(5-12)13-7-9/h4,7-8,13,15H,2-3,6H2,1H3,(H,14,16). The van der Waals surface area contributed by atoms with Crippen molar-refractivity contribution in [1.82, 2.24) is 10.3 Å². The molecular weight excluding hydrogens is 206 g/mol. The van der Waals surface area contributed by atoms with E-state index in [4.69, 9.17) is 10.4 Å². The molecule has 0 saturated carbocycles. The van der Waals surface area contributed by atoms with E-state index in [1.807, 2.05) is 13.0 Å². The fourth-order valence-corrected chi connectivity index (χ4v) is 1.28. The molecule has 86 valence electrons. The van der Waals surface area contributed by atoms with Gasteiger partial charge in [0, 0.05) is 19.3 Å². The Hall–Kier alpha value is -1.80. The lowest BCUT2D eigenvalue weighted by Gasteiger charge is -2.10. The van der Waals surface area contributed by atoms with Crippen molar-refractivity contribution in [2.75, 3.05) is 13.2 Å². The van der Waals surface area contributed by atoms with Crippen LogP contribution < -0.4 is 5.32 Å². The Balaban J connectivity index is 2.44. The molecule has 16 heavy (non-hydrogen) atoms. The Morgan fingerprint density at radius 1 is 1.75 bits per heavy atom. The first-order chi connectivity index (χ1) is 7.67. The van der Waals surface area contributed by atoms with Gasteiger partial charge >= 0.3 is 0 Å². The van der Waals surface area contributed by atoms with E-state index < -0.39 is 0 Å². The van der Waals surface area contributed by atoms with E-state index >= 15 is 0 Å². The second-order valence-corrected chi connectivity index (χ2v) is 3.74. The van der Waals surface area contributed by atoms with Gasteiger partial charge in [-0.25, -0.2) is 0 Å². The molecule has 1 rings (SSSR count). The van der Waals surface area contributed by atoms with Crippen LogP contribution in [-0.4, -0.2) is 29.1 Å². The molecule has 0 spiro atoms. The van der Waals surface area contributed by atoms with Gasteiger partial charge in [0.05, 0.1) is 5.56 Å². The largest absolute Gasteiger partial charge is 0.396 e. The highest BCUT2D eigenvalue weighted by Gasteiger charge is 2.09. The molecule has 0 aliphatic heterocycles. The molecule has 3 N–H and O–H groups in total. The van der Waals surface area contributed by atoms with Crippen molar-refractivity contribution >= 4 is 5.91 Å². The van der Waals surface area contributed by atoms with Crippen LogP contribution in [0.1, 0.15) is 29.4 Å². The number of hydrogen-bond acceptors (Lipinski definition) is 3. The van der Waals surface area contributed by atoms with Crippen LogP contribution in [-0.2, 0) is 0 Å². The lowest BCUT2D eigenvalue weighted by molar-refractivity contribution is 0.0945. The summed E-state index contributed by atoms with van der Waals surface area (Å²) in [5.41, 5.74) is 0.821. The third-order valence-electron chi connectivity index (χ3n) is 2.30. The first-order valence-electron chi connectivity index (χ1n) is 5.15. The number of H-pyrrole nitrogens is 1. The number of nitrogens with zero attached hydrogens (tertiary/aromatic N) is 1. The molecule has 1 aromatic rings. The maximum atomic E-state index is 11.6. The molecule has 1 heterocycles. The Kier molecular flexibility index (Phi) is 4.55. The lowest BCUT2D eigenvalue weighted by Crippen LogP contribution is -2.28. The van der Waals surface area contributed by atoms with Crippen molar-refractivity contribution < 1.29 is 9.90 Å². The summed E-state index contributed by atoms with van der Waals surface area (Å²) in [6, 6.07) is 3.42. The van der Waals surface area contributed by atoms with Crippen LogP contribution in [0.15, 0.2) is 12.3 Å². The number of hydrogen-bond donors (Lipinski definition) is 3. The van der Waals surface area contributed by atoms with Gasteiger partial charge in [0.2, 0.25) is 0 Å². The van der Waals surface area contributed by atoms with Crippen molar-refractivity contribution in [3.05, 3.63) is 23.5 Å². The summed E-state index contributed by atoms with van der Waals surface area (Å²) in [5.74, 6) is 0.0332. The average molecular weight is 221 g/mol. The van der Waals surface area contributed by atoms with Crippen LogP contribution >= 0.6 is 0 Å². The Bertz CT molecular complexity index is 392. The van der Waals surface area contributed by atoms with Crippen LogP contribution in [0.4, 0.5) is 0 Å². The molecule has 1 atom stereocenters. The summed E-state index contributed by atoms with van der Waals surface area (Å²) in [6.07, 6.45) is 2.17. The fraction of sp³-hybridized carbons (Fsp3) is 0.455. The topological polar surface area (TPSA) is 88.9 Å².